The summed E-state index contributed by atoms with van der Waals surface area (Å²) in [7, 11) is 1.57. The van der Waals surface area contributed by atoms with Crippen LogP contribution in [0.5, 0.6) is 5.88 Å². The SMILES string of the molecule is COc1ncc(-c2ccnc(N3CCn4c(cc5c4CC(C)(C)C5)C3=O)c2[C@H](C)O)cc1Nc1ccc(N2CCN(C3CCN(c4ccc5c(c4)C(=O)N(C4CCC(=O)NC4=O)C5=O)[C@@H](C)C3)C[C@@H]2C)cn1. The Morgan fingerprint density at radius 3 is 2.33 bits per heavy atom. The molecule has 0 radical (unpaired) electrons. The second kappa shape index (κ2) is 18.1. The zero-order valence-corrected chi connectivity index (χ0v) is 41.6. The van der Waals surface area contributed by atoms with E-state index in [0.29, 0.717) is 70.3 Å². The molecule has 0 spiro atoms. The molecule has 1 aliphatic carbocycles. The number of nitrogens with one attached hydrogen (secondary N) is 2. The van der Waals surface area contributed by atoms with E-state index in [1.807, 2.05) is 36.5 Å². The van der Waals surface area contributed by atoms with Gasteiger partial charge in [0.25, 0.3) is 17.7 Å². The van der Waals surface area contributed by atoms with Crippen LogP contribution in [0.3, 0.4) is 0 Å². The number of aliphatic hydroxyl groups excluding tert-OH is 1. The van der Waals surface area contributed by atoms with Crippen molar-refractivity contribution in [1.82, 2.24) is 34.6 Å². The number of aliphatic hydroxyl groups is 1. The van der Waals surface area contributed by atoms with Crippen LogP contribution in [0.25, 0.3) is 11.1 Å². The number of anilines is 5. The predicted octanol–water partition coefficient (Wildman–Crippen LogP) is 5.90. The van der Waals surface area contributed by atoms with Gasteiger partial charge in [0.15, 0.2) is 0 Å². The van der Waals surface area contributed by atoms with Gasteiger partial charge in [0, 0.05) is 98.7 Å². The number of imide groups is 2. The number of piperidine rings is 2. The molecule has 5 amide bonds. The van der Waals surface area contributed by atoms with Crippen molar-refractivity contribution < 1.29 is 33.8 Å². The van der Waals surface area contributed by atoms with Crippen LogP contribution in [0.4, 0.5) is 28.7 Å². The summed E-state index contributed by atoms with van der Waals surface area (Å²) >= 11 is 0. The zero-order valence-electron chi connectivity index (χ0n) is 41.6. The number of pyridine rings is 3. The number of ether oxygens (including phenoxy) is 1. The highest BCUT2D eigenvalue weighted by Crippen LogP contribution is 2.42. The van der Waals surface area contributed by atoms with Crippen molar-refractivity contribution in [3.8, 4) is 17.0 Å². The number of amides is 5. The van der Waals surface area contributed by atoms with Crippen molar-refractivity contribution in [1.29, 1.82) is 0 Å². The van der Waals surface area contributed by atoms with Crippen molar-refractivity contribution in [2.45, 2.75) is 110 Å². The molecule has 1 aromatic carbocycles. The van der Waals surface area contributed by atoms with E-state index in [1.54, 1.807) is 43.5 Å². The van der Waals surface area contributed by atoms with Crippen molar-refractivity contribution >= 4 is 58.2 Å². The van der Waals surface area contributed by atoms with Gasteiger partial charge in [0.1, 0.15) is 29.1 Å². The summed E-state index contributed by atoms with van der Waals surface area (Å²) < 4.78 is 7.87. The van der Waals surface area contributed by atoms with Gasteiger partial charge in [0.2, 0.25) is 17.7 Å². The third kappa shape index (κ3) is 8.23. The number of carbonyl (C=O) groups is 5. The molecule has 374 valence electrons. The number of methoxy groups -OCH3 is 1. The average molecular weight is 976 g/mol. The molecule has 18 nitrogen and oxygen atoms in total. The third-order valence-electron chi connectivity index (χ3n) is 15.7. The normalized spacial score (nSPS) is 23.5. The first-order chi connectivity index (χ1) is 34.6. The highest BCUT2D eigenvalue weighted by atomic mass is 16.5. The van der Waals surface area contributed by atoms with Crippen molar-refractivity contribution in [2.75, 3.05) is 59.9 Å². The molecule has 72 heavy (non-hydrogen) atoms. The lowest BCUT2D eigenvalue weighted by Gasteiger charge is -2.48. The first-order valence-electron chi connectivity index (χ1n) is 25.2. The van der Waals surface area contributed by atoms with Crippen LogP contribution < -0.4 is 30.1 Å². The van der Waals surface area contributed by atoms with E-state index in [2.05, 4.69) is 68.6 Å². The maximum atomic E-state index is 14.1. The zero-order chi connectivity index (χ0) is 50.3. The van der Waals surface area contributed by atoms with Gasteiger partial charge in [-0.2, -0.15) is 0 Å². The molecular weight excluding hydrogens is 915 g/mol. The Labute approximate surface area is 418 Å². The van der Waals surface area contributed by atoms with E-state index in [1.165, 1.54) is 11.3 Å². The van der Waals surface area contributed by atoms with Crippen LogP contribution >= 0.6 is 0 Å². The Morgan fingerprint density at radius 2 is 1.60 bits per heavy atom. The molecular formula is C54H61N11O7. The number of piperazine rings is 1. The fourth-order valence-electron chi connectivity index (χ4n) is 12.3. The summed E-state index contributed by atoms with van der Waals surface area (Å²) in [6, 6.07) is 15.0. The lowest BCUT2D eigenvalue weighted by Crippen LogP contribution is -2.58. The molecule has 18 heteroatoms. The van der Waals surface area contributed by atoms with Gasteiger partial charge in [-0.05, 0) is 118 Å². The summed E-state index contributed by atoms with van der Waals surface area (Å²) in [5.41, 5.74) is 8.38. The minimum absolute atomic E-state index is 0.0796. The van der Waals surface area contributed by atoms with E-state index in [0.717, 1.165) is 68.1 Å². The highest BCUT2D eigenvalue weighted by molar-refractivity contribution is 6.23. The standard InChI is InChI=1S/C54H61N11O7/c1-30-21-35(14-16-61(30)36-7-9-39-40(24-36)52(70)65(51(39)69)42-10-12-46(67)59-49(42)68)60-17-18-62(31(2)29-60)37-8-11-45(56-28-37)58-41-22-34(27-57-50(41)72-6)38-13-15-55-48(47(38)32(3)66)64-20-19-63-43(53(64)71)23-33-25-54(4,5)26-44(33)63/h7-9,11,13,15,22-24,27-28,30-32,35,42,66H,10,12,14,16-21,25-26,29H2,1-6H3,(H,56,58)(H,59,67,68)/t30-,31-,32-,35?,42?/m0/s1. The topological polar surface area (TPSA) is 199 Å². The Morgan fingerprint density at radius 1 is 0.806 bits per heavy atom. The van der Waals surface area contributed by atoms with Crippen LogP contribution in [-0.4, -0.2) is 128 Å². The van der Waals surface area contributed by atoms with E-state index in [9.17, 15) is 29.1 Å². The minimum atomic E-state index is -0.994. The minimum Gasteiger partial charge on any atom is -0.480 e. The lowest BCUT2D eigenvalue weighted by molar-refractivity contribution is -0.136. The molecule has 6 aliphatic rings. The second-order valence-corrected chi connectivity index (χ2v) is 21.1. The van der Waals surface area contributed by atoms with Gasteiger partial charge in [-0.15, -0.1) is 0 Å². The summed E-state index contributed by atoms with van der Waals surface area (Å²) in [6.07, 6.45) is 8.32. The molecule has 2 unspecified atom stereocenters. The number of hydrogen-bond acceptors (Lipinski definition) is 14. The number of carbonyl (C=O) groups excluding carboxylic acids is 5. The smallest absolute Gasteiger partial charge is 0.276 e. The summed E-state index contributed by atoms with van der Waals surface area (Å²) in [5.74, 6) is -0.703. The van der Waals surface area contributed by atoms with Gasteiger partial charge >= 0.3 is 0 Å². The fraction of sp³-hybridized carbons (Fsp3) is 0.444. The van der Waals surface area contributed by atoms with Crippen LogP contribution in [0.15, 0.2) is 67.1 Å². The Kier molecular flexibility index (Phi) is 11.9. The van der Waals surface area contributed by atoms with Crippen molar-refractivity contribution in [3.05, 3.63) is 101 Å². The fourth-order valence-corrected chi connectivity index (χ4v) is 12.3. The first kappa shape index (κ1) is 47.2. The Hall–Kier alpha value is -7.18. The summed E-state index contributed by atoms with van der Waals surface area (Å²) in [5, 5.41) is 17.0. The Balaban J connectivity index is 0.731. The van der Waals surface area contributed by atoms with Crippen LogP contribution in [0, 0.1) is 5.41 Å². The molecule has 0 bridgehead atoms. The number of fused-ring (bicyclic) bond motifs is 4. The number of benzene rings is 1. The number of rotatable bonds is 10. The molecule has 5 aliphatic heterocycles. The molecule has 3 saturated heterocycles. The van der Waals surface area contributed by atoms with Gasteiger partial charge in [0.05, 0.1) is 36.2 Å². The average Bonchev–Trinajstić information content (AvgIpc) is 3.95. The van der Waals surface area contributed by atoms with E-state index in [4.69, 9.17) is 14.7 Å². The molecule has 3 fully saturated rings. The van der Waals surface area contributed by atoms with E-state index < -0.39 is 35.8 Å². The third-order valence-corrected chi connectivity index (χ3v) is 15.7. The van der Waals surface area contributed by atoms with Crippen molar-refractivity contribution in [2.24, 2.45) is 5.41 Å². The number of hydrogen-bond donors (Lipinski definition) is 3. The monoisotopic (exact) mass is 975 g/mol. The van der Waals surface area contributed by atoms with Crippen LogP contribution in [0.1, 0.15) is 114 Å². The molecule has 9 heterocycles. The van der Waals surface area contributed by atoms with Crippen LogP contribution in [0.2, 0.25) is 0 Å². The first-order valence-corrected chi connectivity index (χ1v) is 25.2. The molecule has 3 N–H and O–H groups in total. The van der Waals surface area contributed by atoms with Gasteiger partial charge in [-0.3, -0.25) is 44.0 Å². The molecule has 5 aromatic rings. The largest absolute Gasteiger partial charge is 0.480 e. The summed E-state index contributed by atoms with van der Waals surface area (Å²) in [4.78, 5) is 89.5. The number of aromatic nitrogens is 4. The van der Waals surface area contributed by atoms with Gasteiger partial charge in [-0.25, -0.2) is 15.0 Å². The molecule has 4 aromatic heterocycles. The van der Waals surface area contributed by atoms with E-state index >= 15 is 0 Å². The lowest BCUT2D eigenvalue weighted by atomic mass is 9.90. The Bertz CT molecular complexity index is 3040. The molecule has 11 rings (SSSR count). The van der Waals surface area contributed by atoms with Gasteiger partial charge < -0.3 is 29.5 Å². The second-order valence-electron chi connectivity index (χ2n) is 21.1. The van der Waals surface area contributed by atoms with Gasteiger partial charge in [-0.1, -0.05) is 13.8 Å². The highest BCUT2D eigenvalue weighted by Gasteiger charge is 2.45. The predicted molar refractivity (Wildman–Crippen MR) is 271 cm³/mol. The molecule has 5 atom stereocenters. The summed E-state index contributed by atoms with van der Waals surface area (Å²) in [6.45, 7) is 15.2. The maximum absolute atomic E-state index is 14.1. The molecule has 0 saturated carbocycles. The maximum Gasteiger partial charge on any atom is 0.276 e. The van der Waals surface area contributed by atoms with E-state index in [-0.39, 0.29) is 41.8 Å². The quantitative estimate of drug-likeness (QED) is 0.140. The van der Waals surface area contributed by atoms with Crippen LogP contribution in [-0.2, 0) is 29.0 Å². The number of nitrogens with zero attached hydrogens (tertiary/aromatic N) is 9. The van der Waals surface area contributed by atoms with Crippen molar-refractivity contribution in [3.63, 3.8) is 0 Å².